The topological polar surface area (TPSA) is 0 Å². The standard InChI is InChI=1S/C14H18Te.C9H14Te/c1-9-7-6-8-11-12(9)10(2)13(15-11)14(3,4)5;1-7-5-6-10-8(7)9(2,3)4/h6-8H,1-5H3;5-6H,1-4H3/i6D,7D,8D;5D,6D. The first kappa shape index (κ1) is 15.0. The molecule has 0 saturated carbocycles. The Balaban J connectivity index is 0.000000232. The third kappa shape index (κ3) is 5.05. The molecule has 0 nitrogen and oxygen atoms in total. The maximum atomic E-state index is 8.10. The van der Waals surface area contributed by atoms with Crippen LogP contribution in [-0.4, -0.2) is 40.9 Å². The van der Waals surface area contributed by atoms with E-state index in [0.717, 1.165) is 19.9 Å². The average molecular weight is 569 g/mol. The van der Waals surface area contributed by atoms with Crippen molar-refractivity contribution in [2.45, 2.75) is 73.1 Å². The summed E-state index contributed by atoms with van der Waals surface area (Å²) in [4.78, 5) is 0. The van der Waals surface area contributed by atoms with Crippen LogP contribution in [-0.2, 0) is 10.8 Å². The Morgan fingerprint density at radius 3 is 1.84 bits per heavy atom. The van der Waals surface area contributed by atoms with Gasteiger partial charge in [-0.15, -0.1) is 0 Å². The quantitative estimate of drug-likeness (QED) is 0.285. The molecule has 2 heteroatoms. The molecule has 0 spiro atoms. The van der Waals surface area contributed by atoms with E-state index in [1.54, 1.807) is 0 Å². The molecule has 0 atom stereocenters. The van der Waals surface area contributed by atoms with Gasteiger partial charge >= 0.3 is 182 Å². The van der Waals surface area contributed by atoms with Crippen LogP contribution in [0.1, 0.15) is 72.2 Å². The molecule has 0 N–H and O–H groups in total. The van der Waals surface area contributed by atoms with Gasteiger partial charge in [0.15, 0.2) is 0 Å². The molecule has 3 rings (SSSR count). The summed E-state index contributed by atoms with van der Waals surface area (Å²) in [6.07, 6.45) is 0. The van der Waals surface area contributed by atoms with Crippen molar-refractivity contribution in [3.8, 4) is 0 Å². The number of hydrogen-bond donors (Lipinski definition) is 0. The fraction of sp³-hybridized carbons (Fsp3) is 0.478. The molecule has 2 aromatic heterocycles. The van der Waals surface area contributed by atoms with Gasteiger partial charge in [-0.3, -0.25) is 0 Å². The van der Waals surface area contributed by atoms with Gasteiger partial charge in [0, 0.05) is 0 Å². The molecule has 1 aromatic carbocycles. The van der Waals surface area contributed by atoms with Gasteiger partial charge in [0.1, 0.15) is 0 Å². The van der Waals surface area contributed by atoms with Crippen LogP contribution in [0.15, 0.2) is 28.2 Å². The minimum atomic E-state index is -0.555. The van der Waals surface area contributed by atoms with E-state index in [-0.39, 0.29) is 22.9 Å². The second kappa shape index (κ2) is 7.95. The number of aryl methyl sites for hydroxylation is 2. The first-order valence-electron chi connectivity index (χ1n) is 11.1. The number of fused-ring (bicyclic) bond motifs is 1. The summed E-state index contributed by atoms with van der Waals surface area (Å²) < 4.78 is 43.6. The molecule has 136 valence electrons. The van der Waals surface area contributed by atoms with Gasteiger partial charge < -0.3 is 0 Å². The van der Waals surface area contributed by atoms with Crippen LogP contribution in [0.5, 0.6) is 0 Å². The predicted octanol–water partition coefficient (Wildman–Crippen LogP) is 6.16. The van der Waals surface area contributed by atoms with Crippen molar-refractivity contribution < 1.29 is 6.85 Å². The normalized spacial score (nSPS) is 15.0. The molecule has 0 saturated heterocycles. The predicted molar refractivity (Wildman–Crippen MR) is 116 cm³/mol. The van der Waals surface area contributed by atoms with Crippen LogP contribution >= 0.6 is 0 Å². The maximum absolute atomic E-state index is 8.10. The first-order chi connectivity index (χ1) is 13.5. The van der Waals surface area contributed by atoms with Gasteiger partial charge in [0.2, 0.25) is 0 Å². The van der Waals surface area contributed by atoms with Crippen LogP contribution in [0.3, 0.4) is 0 Å². The van der Waals surface area contributed by atoms with Gasteiger partial charge in [-0.05, 0) is 0 Å². The van der Waals surface area contributed by atoms with Gasteiger partial charge in [0.05, 0.1) is 0 Å². The van der Waals surface area contributed by atoms with Crippen molar-refractivity contribution in [1.82, 2.24) is 0 Å². The molecule has 0 aliphatic carbocycles. The van der Waals surface area contributed by atoms with E-state index < -0.39 is 40.9 Å². The SMILES string of the molecule is [2H]c1[te]c(C(C)(C)C)c(C)c1[2H].[2H]c1c([2H])c(C)c2c(C)c(C(C)(C)C)[te]c2c1[2H]. The van der Waals surface area contributed by atoms with Gasteiger partial charge in [-0.1, -0.05) is 0 Å². The Hall–Kier alpha value is 0.0192. The molecule has 0 unspecified atom stereocenters. The first-order valence-corrected chi connectivity index (χ1v) is 13.2. The van der Waals surface area contributed by atoms with Crippen molar-refractivity contribution in [3.63, 3.8) is 0 Å². The van der Waals surface area contributed by atoms with Gasteiger partial charge in [-0.25, -0.2) is 0 Å². The van der Waals surface area contributed by atoms with Gasteiger partial charge in [-0.2, -0.15) is 0 Å². The van der Waals surface area contributed by atoms with E-state index in [2.05, 4.69) is 48.5 Å². The molecule has 0 aliphatic rings. The number of benzene rings is 1. The van der Waals surface area contributed by atoms with E-state index in [9.17, 15) is 0 Å². The van der Waals surface area contributed by atoms with Crippen LogP contribution in [0.4, 0.5) is 0 Å². The van der Waals surface area contributed by atoms with Crippen LogP contribution in [0, 0.1) is 20.8 Å². The third-order valence-electron chi connectivity index (χ3n) is 4.04. The Morgan fingerprint density at radius 2 is 1.40 bits per heavy atom. The van der Waals surface area contributed by atoms with Crippen molar-refractivity contribution in [3.05, 3.63) is 52.1 Å². The van der Waals surface area contributed by atoms with Crippen molar-refractivity contribution in [2.75, 3.05) is 0 Å². The zero-order chi connectivity index (χ0) is 23.3. The Kier molecular flexibility index (Phi) is 4.77. The second-order valence-electron chi connectivity index (χ2n) is 8.54. The summed E-state index contributed by atoms with van der Waals surface area (Å²) >= 11 is -1.05. The third-order valence-corrected chi connectivity index (χ3v) is 12.5. The summed E-state index contributed by atoms with van der Waals surface area (Å²) in [5, 5.41) is 1.10. The van der Waals surface area contributed by atoms with Crippen LogP contribution < -0.4 is 0 Å². The van der Waals surface area contributed by atoms with Crippen molar-refractivity contribution >= 4 is 49.7 Å². The molecular formula is C23H32Te2. The van der Waals surface area contributed by atoms with E-state index >= 15 is 0 Å². The summed E-state index contributed by atoms with van der Waals surface area (Å²) in [6.45, 7) is 19.2. The molecule has 2 heterocycles. The number of rotatable bonds is 0. The molecular weight excluding hydrogens is 531 g/mol. The average Bonchev–Trinajstić information content (AvgIpc) is 3.10. The summed E-state index contributed by atoms with van der Waals surface area (Å²) in [7, 11) is 0. The molecule has 3 aromatic rings. The molecule has 0 bridgehead atoms. The zero-order valence-corrected chi connectivity index (χ0v) is 21.5. The van der Waals surface area contributed by atoms with Crippen LogP contribution in [0.2, 0.25) is 0 Å². The van der Waals surface area contributed by atoms with E-state index in [4.69, 9.17) is 6.85 Å². The summed E-state index contributed by atoms with van der Waals surface area (Å²) in [6, 6.07) is 1.10. The van der Waals surface area contributed by atoms with E-state index in [0.29, 0.717) is 16.1 Å². The van der Waals surface area contributed by atoms with Crippen LogP contribution in [0.25, 0.3) is 8.79 Å². The summed E-state index contributed by atoms with van der Waals surface area (Å²) in [5.74, 6) is 0. The zero-order valence-electron chi connectivity index (χ0n) is 21.8. The van der Waals surface area contributed by atoms with Gasteiger partial charge in [0.25, 0.3) is 0 Å². The molecule has 0 radical (unpaired) electrons. The molecule has 0 aliphatic heterocycles. The fourth-order valence-electron chi connectivity index (χ4n) is 3.01. The van der Waals surface area contributed by atoms with E-state index in [1.165, 1.54) is 12.7 Å². The Morgan fingerprint density at radius 1 is 0.800 bits per heavy atom. The van der Waals surface area contributed by atoms with E-state index in [1.807, 2.05) is 13.8 Å². The number of hydrogen-bond acceptors (Lipinski definition) is 0. The van der Waals surface area contributed by atoms with Crippen molar-refractivity contribution in [1.29, 1.82) is 0 Å². The Labute approximate surface area is 180 Å². The summed E-state index contributed by atoms with van der Waals surface area (Å²) in [5.41, 5.74) is 3.51. The second-order valence-corrected chi connectivity index (χ2v) is 13.8. The van der Waals surface area contributed by atoms with Crippen molar-refractivity contribution in [2.24, 2.45) is 0 Å². The monoisotopic (exact) mass is 573 g/mol. The Bertz CT molecular complexity index is 1090. The fourth-order valence-corrected chi connectivity index (χ4v) is 8.99. The molecule has 0 amide bonds. The molecule has 25 heavy (non-hydrogen) atoms. The molecule has 0 fully saturated rings. The minimum absolute atomic E-state index is 0.0966.